The van der Waals surface area contributed by atoms with Crippen LogP contribution in [-0.4, -0.2) is 32.7 Å². The Balaban J connectivity index is 1.57. The molecule has 128 valence electrons. The first-order valence-electron chi connectivity index (χ1n) is 9.06. The first-order valence-corrected chi connectivity index (χ1v) is 9.06. The zero-order valence-corrected chi connectivity index (χ0v) is 14.2. The molecular formula is C19H22N6. The maximum Gasteiger partial charge on any atom is 0.157 e. The van der Waals surface area contributed by atoms with Crippen LogP contribution in [-0.2, 0) is 18.4 Å². The molecule has 6 nitrogen and oxygen atoms in total. The van der Waals surface area contributed by atoms with E-state index < -0.39 is 0 Å². The Kier molecular flexibility index (Phi) is 3.45. The molecule has 3 aromatic rings. The Morgan fingerprint density at radius 3 is 2.92 bits per heavy atom. The molecule has 0 atom stereocenters. The Labute approximate surface area is 146 Å². The zero-order chi connectivity index (χ0) is 16.7. The lowest BCUT2D eigenvalue weighted by Crippen LogP contribution is -2.39. The fourth-order valence-electron chi connectivity index (χ4n) is 4.40. The van der Waals surface area contributed by atoms with Gasteiger partial charge in [-0.3, -0.25) is 4.98 Å². The van der Waals surface area contributed by atoms with Crippen LogP contribution in [0.2, 0.25) is 0 Å². The lowest BCUT2D eigenvalue weighted by molar-refractivity contribution is 0.301. The maximum atomic E-state index is 5.03. The van der Waals surface area contributed by atoms with Gasteiger partial charge in [0.1, 0.15) is 5.82 Å². The second kappa shape index (κ2) is 5.81. The highest BCUT2D eigenvalue weighted by molar-refractivity contribution is 5.59. The summed E-state index contributed by atoms with van der Waals surface area (Å²) in [6.45, 7) is 2.92. The molecule has 0 aromatic carbocycles. The van der Waals surface area contributed by atoms with Crippen LogP contribution < -0.4 is 10.6 Å². The quantitative estimate of drug-likeness (QED) is 0.769. The van der Waals surface area contributed by atoms with Crippen molar-refractivity contribution < 1.29 is 0 Å². The van der Waals surface area contributed by atoms with E-state index in [0.29, 0.717) is 0 Å². The third-order valence-corrected chi connectivity index (χ3v) is 5.73. The van der Waals surface area contributed by atoms with Crippen molar-refractivity contribution in [3.05, 3.63) is 53.6 Å². The topological polar surface area (TPSA) is 67.1 Å². The number of fused-ring (bicyclic) bond motifs is 3. The molecule has 1 aliphatic carbocycles. The molecule has 2 N–H and O–H groups in total. The molecule has 2 aliphatic rings. The minimum atomic E-state index is 0.247. The normalized spacial score (nSPS) is 18.6. The van der Waals surface area contributed by atoms with E-state index in [4.69, 9.17) is 4.98 Å². The highest BCUT2D eigenvalue weighted by atomic mass is 15.3. The number of nitrogens with one attached hydrogen (secondary N) is 2. The van der Waals surface area contributed by atoms with E-state index in [0.717, 1.165) is 37.5 Å². The zero-order valence-electron chi connectivity index (χ0n) is 14.2. The molecule has 1 fully saturated rings. The van der Waals surface area contributed by atoms with Crippen molar-refractivity contribution in [2.45, 2.75) is 37.6 Å². The van der Waals surface area contributed by atoms with E-state index in [2.05, 4.69) is 26.8 Å². The number of pyridine rings is 1. The number of piperidine rings is 1. The minimum absolute atomic E-state index is 0.247. The lowest BCUT2D eigenvalue weighted by Gasteiger charge is -2.34. The summed E-state index contributed by atoms with van der Waals surface area (Å²) in [5.41, 5.74) is 5.00. The molecular weight excluding hydrogens is 312 g/mol. The van der Waals surface area contributed by atoms with E-state index in [1.54, 1.807) is 6.20 Å². The second-order valence-electron chi connectivity index (χ2n) is 7.13. The molecule has 0 amide bonds. The largest absolute Gasteiger partial charge is 0.366 e. The van der Waals surface area contributed by atoms with E-state index in [-0.39, 0.29) is 5.41 Å². The molecule has 0 bridgehead atoms. The van der Waals surface area contributed by atoms with Crippen molar-refractivity contribution in [2.75, 3.05) is 18.4 Å². The van der Waals surface area contributed by atoms with Gasteiger partial charge >= 0.3 is 0 Å². The van der Waals surface area contributed by atoms with Crippen LogP contribution in [0.15, 0.2) is 36.8 Å². The summed E-state index contributed by atoms with van der Waals surface area (Å²) in [6, 6.07) is 6.07. The van der Waals surface area contributed by atoms with Crippen molar-refractivity contribution in [3.63, 3.8) is 0 Å². The number of hydrogen-bond acceptors (Lipinski definition) is 5. The van der Waals surface area contributed by atoms with Gasteiger partial charge in [-0.2, -0.15) is 9.61 Å². The number of anilines is 1. The van der Waals surface area contributed by atoms with Crippen molar-refractivity contribution in [3.8, 4) is 0 Å². The molecule has 0 radical (unpaired) electrons. The monoisotopic (exact) mass is 334 g/mol. The van der Waals surface area contributed by atoms with Gasteiger partial charge in [0, 0.05) is 36.0 Å². The average molecular weight is 334 g/mol. The van der Waals surface area contributed by atoms with E-state index in [1.807, 2.05) is 29.0 Å². The number of rotatable bonds is 3. The van der Waals surface area contributed by atoms with Crippen LogP contribution in [0.4, 0.5) is 5.82 Å². The molecule has 0 saturated carbocycles. The van der Waals surface area contributed by atoms with Crippen LogP contribution in [0.5, 0.6) is 0 Å². The molecule has 1 saturated heterocycles. The Bertz CT molecular complexity index is 895. The highest BCUT2D eigenvalue weighted by Crippen LogP contribution is 2.46. The summed E-state index contributed by atoms with van der Waals surface area (Å²) in [7, 11) is 0. The number of aromatic nitrogens is 4. The fourth-order valence-corrected chi connectivity index (χ4v) is 4.40. The summed E-state index contributed by atoms with van der Waals surface area (Å²) >= 11 is 0. The number of nitrogens with zero attached hydrogens (tertiary/aromatic N) is 4. The first-order chi connectivity index (χ1) is 12.4. The Morgan fingerprint density at radius 2 is 2.08 bits per heavy atom. The smallest absolute Gasteiger partial charge is 0.157 e. The Hall–Kier alpha value is -2.47. The predicted molar refractivity (Wildman–Crippen MR) is 96.7 cm³/mol. The minimum Gasteiger partial charge on any atom is -0.366 e. The molecule has 4 heterocycles. The molecule has 25 heavy (non-hydrogen) atoms. The molecule has 1 aliphatic heterocycles. The average Bonchev–Trinajstić information content (AvgIpc) is 3.26. The van der Waals surface area contributed by atoms with E-state index in [1.165, 1.54) is 36.1 Å². The predicted octanol–water partition coefficient (Wildman–Crippen LogP) is 2.30. The lowest BCUT2D eigenvalue weighted by atomic mass is 9.77. The van der Waals surface area contributed by atoms with Gasteiger partial charge in [0.05, 0.1) is 11.9 Å². The molecule has 3 aromatic heterocycles. The summed E-state index contributed by atoms with van der Waals surface area (Å²) in [4.78, 5) is 9.24. The summed E-state index contributed by atoms with van der Waals surface area (Å²) in [5.74, 6) is 1.10. The van der Waals surface area contributed by atoms with Gasteiger partial charge in [0.2, 0.25) is 0 Å². The van der Waals surface area contributed by atoms with Crippen LogP contribution in [0.25, 0.3) is 5.65 Å². The van der Waals surface area contributed by atoms with Gasteiger partial charge in [-0.1, -0.05) is 6.07 Å². The van der Waals surface area contributed by atoms with Gasteiger partial charge in [-0.25, -0.2) is 4.98 Å². The third kappa shape index (κ3) is 2.40. The summed E-state index contributed by atoms with van der Waals surface area (Å²) in [5, 5.41) is 11.6. The maximum absolute atomic E-state index is 5.03. The van der Waals surface area contributed by atoms with Gasteiger partial charge in [-0.05, 0) is 50.4 Å². The molecule has 0 unspecified atom stereocenters. The van der Waals surface area contributed by atoms with Gasteiger partial charge in [-0.15, -0.1) is 0 Å². The Morgan fingerprint density at radius 1 is 1.16 bits per heavy atom. The standard InChI is InChI=1S/C19H22N6/c1-2-14(12-21-8-1)13-22-18-15-3-5-19(6-10-20-11-7-19)17(15)24-16-4-9-23-25(16)18/h1-2,4,8-9,12,20,22H,3,5-7,10-11,13H2. The van der Waals surface area contributed by atoms with Crippen LogP contribution in [0.1, 0.15) is 36.1 Å². The van der Waals surface area contributed by atoms with E-state index in [9.17, 15) is 0 Å². The van der Waals surface area contributed by atoms with Crippen LogP contribution in [0.3, 0.4) is 0 Å². The van der Waals surface area contributed by atoms with Crippen molar-refractivity contribution >= 4 is 11.5 Å². The van der Waals surface area contributed by atoms with Crippen molar-refractivity contribution in [1.82, 2.24) is 24.9 Å². The van der Waals surface area contributed by atoms with Crippen LogP contribution in [0, 0.1) is 0 Å². The number of hydrogen-bond donors (Lipinski definition) is 2. The summed E-state index contributed by atoms with van der Waals surface area (Å²) in [6.07, 6.45) is 10.2. The molecule has 5 rings (SSSR count). The fraction of sp³-hybridized carbons (Fsp3) is 0.421. The third-order valence-electron chi connectivity index (χ3n) is 5.73. The van der Waals surface area contributed by atoms with E-state index >= 15 is 0 Å². The summed E-state index contributed by atoms with van der Waals surface area (Å²) < 4.78 is 1.95. The highest BCUT2D eigenvalue weighted by Gasteiger charge is 2.42. The van der Waals surface area contributed by atoms with Crippen LogP contribution >= 0.6 is 0 Å². The first kappa shape index (κ1) is 14.8. The SMILES string of the molecule is c1cncc(CNc2c3c(nc4ccnn24)C2(CCNCC2)CC3)c1. The van der Waals surface area contributed by atoms with Crippen molar-refractivity contribution in [1.29, 1.82) is 0 Å². The van der Waals surface area contributed by atoms with Gasteiger partial charge in [0.25, 0.3) is 0 Å². The van der Waals surface area contributed by atoms with Gasteiger partial charge in [0.15, 0.2) is 5.65 Å². The molecule has 1 spiro atoms. The van der Waals surface area contributed by atoms with Gasteiger partial charge < -0.3 is 10.6 Å². The van der Waals surface area contributed by atoms with Crippen molar-refractivity contribution in [2.24, 2.45) is 0 Å². The second-order valence-corrected chi connectivity index (χ2v) is 7.13. The molecule has 6 heteroatoms.